The summed E-state index contributed by atoms with van der Waals surface area (Å²) in [6.07, 6.45) is 0. The summed E-state index contributed by atoms with van der Waals surface area (Å²) >= 11 is 0. The van der Waals surface area contributed by atoms with E-state index in [1.165, 1.54) is 14.2 Å². The van der Waals surface area contributed by atoms with Crippen molar-refractivity contribution < 1.29 is 19.1 Å². The minimum Gasteiger partial charge on any atom is -0.493 e. The van der Waals surface area contributed by atoms with E-state index in [0.29, 0.717) is 41.4 Å². The van der Waals surface area contributed by atoms with Crippen LogP contribution in [0.4, 0.5) is 5.69 Å². The van der Waals surface area contributed by atoms with E-state index in [1.54, 1.807) is 48.3 Å². The third kappa shape index (κ3) is 6.11. The number of hydrogen-bond acceptors (Lipinski definition) is 5. The summed E-state index contributed by atoms with van der Waals surface area (Å²) in [4.78, 5) is 27.4. The first kappa shape index (κ1) is 25.3. The topological polar surface area (TPSA) is 93.9 Å². The van der Waals surface area contributed by atoms with Crippen molar-refractivity contribution in [3.63, 3.8) is 0 Å². The van der Waals surface area contributed by atoms with Gasteiger partial charge >= 0.3 is 0 Å². The lowest BCUT2D eigenvalue weighted by molar-refractivity contribution is 0.0741. The van der Waals surface area contributed by atoms with Crippen LogP contribution in [0.3, 0.4) is 0 Å². The Morgan fingerprint density at radius 3 is 2.17 bits per heavy atom. The van der Waals surface area contributed by atoms with Crippen LogP contribution in [0, 0.1) is 5.41 Å². The lowest BCUT2D eigenvalue weighted by atomic mass is 9.93. The van der Waals surface area contributed by atoms with E-state index >= 15 is 0 Å². The third-order valence-corrected chi connectivity index (χ3v) is 4.60. The molecule has 3 N–H and O–H groups in total. The number of rotatable bonds is 8. The molecule has 8 heteroatoms. The van der Waals surface area contributed by atoms with Crippen LogP contribution >= 0.6 is 12.4 Å². The Bertz CT molecular complexity index is 872. The predicted molar refractivity (Wildman–Crippen MR) is 121 cm³/mol. The molecule has 2 aromatic carbocycles. The van der Waals surface area contributed by atoms with E-state index in [1.807, 2.05) is 19.9 Å². The van der Waals surface area contributed by atoms with Crippen molar-refractivity contribution in [2.24, 2.45) is 11.1 Å². The summed E-state index contributed by atoms with van der Waals surface area (Å²) in [6.45, 7) is 4.88. The number of ether oxygens (including phenoxy) is 2. The smallest absolute Gasteiger partial charge is 0.255 e. The van der Waals surface area contributed by atoms with Crippen molar-refractivity contribution in [3.8, 4) is 11.5 Å². The molecule has 0 aliphatic heterocycles. The van der Waals surface area contributed by atoms with Crippen LogP contribution < -0.4 is 20.5 Å². The Morgan fingerprint density at radius 2 is 1.63 bits per heavy atom. The van der Waals surface area contributed by atoms with Crippen LogP contribution in [0.15, 0.2) is 42.5 Å². The fraction of sp³-hybridized carbons (Fsp3) is 0.364. The minimum absolute atomic E-state index is 0. The number of methoxy groups -OCH3 is 2. The number of hydrogen-bond donors (Lipinski definition) is 2. The van der Waals surface area contributed by atoms with Gasteiger partial charge in [0, 0.05) is 25.2 Å². The highest BCUT2D eigenvalue weighted by Gasteiger charge is 2.25. The van der Waals surface area contributed by atoms with Crippen LogP contribution in [0.25, 0.3) is 0 Å². The van der Waals surface area contributed by atoms with Gasteiger partial charge in [0.05, 0.1) is 25.5 Å². The maximum atomic E-state index is 13.2. The second kappa shape index (κ2) is 10.8. The van der Waals surface area contributed by atoms with Gasteiger partial charge in [-0.1, -0.05) is 32.0 Å². The Balaban J connectivity index is 0.00000450. The van der Waals surface area contributed by atoms with E-state index in [2.05, 4.69) is 5.32 Å². The van der Waals surface area contributed by atoms with Gasteiger partial charge in [0.1, 0.15) is 0 Å². The number of carbonyl (C=O) groups excluding carboxylic acids is 2. The molecule has 0 aromatic heterocycles. The van der Waals surface area contributed by atoms with Crippen molar-refractivity contribution in [1.82, 2.24) is 4.90 Å². The summed E-state index contributed by atoms with van der Waals surface area (Å²) in [5, 5.41) is 2.82. The number of amides is 2. The fourth-order valence-electron chi connectivity index (χ4n) is 2.93. The number of anilines is 1. The molecular formula is C22H30ClN3O4. The second-order valence-electron chi connectivity index (χ2n) is 7.60. The molecule has 2 rings (SSSR count). The van der Waals surface area contributed by atoms with E-state index in [0.717, 1.165) is 0 Å². The van der Waals surface area contributed by atoms with Gasteiger partial charge in [0.25, 0.3) is 11.8 Å². The molecule has 30 heavy (non-hydrogen) atoms. The Kier molecular flexibility index (Phi) is 9.14. The molecule has 0 unspecified atom stereocenters. The maximum absolute atomic E-state index is 13.2. The lowest BCUT2D eigenvalue weighted by Gasteiger charge is -2.29. The molecule has 0 radical (unpaired) electrons. The van der Waals surface area contributed by atoms with E-state index in [4.69, 9.17) is 15.2 Å². The van der Waals surface area contributed by atoms with Gasteiger partial charge in [-0.3, -0.25) is 9.59 Å². The zero-order valence-electron chi connectivity index (χ0n) is 18.0. The average molecular weight is 436 g/mol. The molecule has 0 saturated carbocycles. The quantitative estimate of drug-likeness (QED) is 0.662. The third-order valence-electron chi connectivity index (χ3n) is 4.60. The number of nitrogens with zero attached hydrogens (tertiary/aromatic N) is 1. The zero-order valence-corrected chi connectivity index (χ0v) is 18.8. The standard InChI is InChI=1S/C22H29N3O4.ClH/c1-22(2,13-23)14-25(3)21(27)16-11-18(28-4)19(29-5)12-17(16)24-20(26)15-9-7-6-8-10-15;/h6-12H,13-14,23H2,1-5H3,(H,24,26);1H. The van der Waals surface area contributed by atoms with Gasteiger partial charge in [-0.2, -0.15) is 0 Å². The zero-order chi connectivity index (χ0) is 21.6. The molecule has 164 valence electrons. The maximum Gasteiger partial charge on any atom is 0.255 e. The predicted octanol–water partition coefficient (Wildman–Crippen LogP) is 3.43. The highest BCUT2D eigenvalue weighted by atomic mass is 35.5. The number of benzene rings is 2. The van der Waals surface area contributed by atoms with Gasteiger partial charge in [0.15, 0.2) is 11.5 Å². The molecule has 7 nitrogen and oxygen atoms in total. The molecule has 2 aromatic rings. The summed E-state index contributed by atoms with van der Waals surface area (Å²) in [5.41, 5.74) is 6.70. The Labute approximate surface area is 183 Å². The summed E-state index contributed by atoms with van der Waals surface area (Å²) < 4.78 is 10.7. The van der Waals surface area contributed by atoms with Crippen molar-refractivity contribution in [3.05, 3.63) is 53.6 Å². The van der Waals surface area contributed by atoms with E-state index in [-0.39, 0.29) is 29.6 Å². The molecule has 0 aliphatic carbocycles. The van der Waals surface area contributed by atoms with Crippen LogP contribution in [0.1, 0.15) is 34.6 Å². The second-order valence-corrected chi connectivity index (χ2v) is 7.60. The number of nitrogens with two attached hydrogens (primary N) is 1. The highest BCUT2D eigenvalue weighted by molar-refractivity contribution is 6.09. The lowest BCUT2D eigenvalue weighted by Crippen LogP contribution is -2.40. The highest BCUT2D eigenvalue weighted by Crippen LogP contribution is 2.34. The SMILES string of the molecule is COc1cc(NC(=O)c2ccccc2)c(C(=O)N(C)CC(C)(C)CN)cc1OC.Cl. The van der Waals surface area contributed by atoms with Gasteiger partial charge in [0.2, 0.25) is 0 Å². The van der Waals surface area contributed by atoms with Gasteiger partial charge < -0.3 is 25.4 Å². The van der Waals surface area contributed by atoms with E-state index < -0.39 is 0 Å². The van der Waals surface area contributed by atoms with Gasteiger partial charge in [-0.25, -0.2) is 0 Å². The normalized spacial score (nSPS) is 10.6. The summed E-state index contributed by atoms with van der Waals surface area (Å²) in [6, 6.07) is 12.0. The first-order valence-electron chi connectivity index (χ1n) is 9.30. The summed E-state index contributed by atoms with van der Waals surface area (Å²) in [5.74, 6) is 0.241. The van der Waals surface area contributed by atoms with Gasteiger partial charge in [-0.05, 0) is 30.2 Å². The van der Waals surface area contributed by atoms with Crippen LogP contribution in [-0.4, -0.2) is 51.1 Å². The van der Waals surface area contributed by atoms with Crippen LogP contribution in [-0.2, 0) is 0 Å². The molecule has 0 heterocycles. The van der Waals surface area contributed by atoms with Crippen molar-refractivity contribution in [2.45, 2.75) is 13.8 Å². The van der Waals surface area contributed by atoms with Crippen LogP contribution in [0.5, 0.6) is 11.5 Å². The first-order chi connectivity index (χ1) is 13.7. The first-order valence-corrected chi connectivity index (χ1v) is 9.30. The molecule has 0 saturated heterocycles. The molecule has 0 bridgehead atoms. The molecule has 0 atom stereocenters. The minimum atomic E-state index is -0.322. The molecule has 0 aliphatic rings. The monoisotopic (exact) mass is 435 g/mol. The average Bonchev–Trinajstić information content (AvgIpc) is 2.73. The molecule has 0 fully saturated rings. The number of halogens is 1. The van der Waals surface area contributed by atoms with Crippen molar-refractivity contribution >= 4 is 29.9 Å². The van der Waals surface area contributed by atoms with Crippen molar-refractivity contribution in [1.29, 1.82) is 0 Å². The van der Waals surface area contributed by atoms with E-state index in [9.17, 15) is 9.59 Å². The molecule has 2 amide bonds. The Morgan fingerprint density at radius 1 is 1.07 bits per heavy atom. The molecular weight excluding hydrogens is 406 g/mol. The largest absolute Gasteiger partial charge is 0.493 e. The Hall–Kier alpha value is -2.77. The van der Waals surface area contributed by atoms with Gasteiger partial charge in [-0.15, -0.1) is 12.4 Å². The number of nitrogens with one attached hydrogen (secondary N) is 1. The number of carbonyl (C=O) groups is 2. The fourth-order valence-corrected chi connectivity index (χ4v) is 2.93. The summed E-state index contributed by atoms with van der Waals surface area (Å²) in [7, 11) is 4.70. The van der Waals surface area contributed by atoms with Crippen molar-refractivity contribution in [2.75, 3.05) is 39.7 Å². The van der Waals surface area contributed by atoms with Crippen LogP contribution in [0.2, 0.25) is 0 Å². The molecule has 0 spiro atoms.